The summed E-state index contributed by atoms with van der Waals surface area (Å²) in [5.41, 5.74) is 1.80. The molecule has 1 aromatic heterocycles. The Balaban J connectivity index is 1.57. The van der Waals surface area contributed by atoms with Crippen molar-refractivity contribution in [1.29, 1.82) is 0 Å². The minimum Gasteiger partial charge on any atom is -0.339 e. The van der Waals surface area contributed by atoms with Gasteiger partial charge in [-0.3, -0.25) is 9.48 Å². The highest BCUT2D eigenvalue weighted by Gasteiger charge is 2.63. The largest absolute Gasteiger partial charge is 0.339 e. The predicted octanol–water partition coefficient (Wildman–Crippen LogP) is 3.86. The van der Waals surface area contributed by atoms with E-state index >= 15 is 0 Å². The molecule has 0 aromatic carbocycles. The quantitative estimate of drug-likeness (QED) is 0.841. The SMILES string of the molecule is CCn1nccc1CN(C)C(=O)C12CC3CC(C)(CC(C)(C3)C1)C2. The molecule has 1 amide bonds. The fraction of sp³-hybridized carbons (Fsp3) is 0.800. The van der Waals surface area contributed by atoms with E-state index in [-0.39, 0.29) is 5.41 Å². The number of hydrogen-bond donors (Lipinski definition) is 0. The highest BCUT2D eigenvalue weighted by molar-refractivity contribution is 5.83. The highest BCUT2D eigenvalue weighted by atomic mass is 16.2. The van der Waals surface area contributed by atoms with Gasteiger partial charge in [0.1, 0.15) is 0 Å². The third kappa shape index (κ3) is 2.41. The molecule has 0 aliphatic heterocycles. The van der Waals surface area contributed by atoms with Crippen molar-refractivity contribution in [3.8, 4) is 0 Å². The van der Waals surface area contributed by atoms with Crippen LogP contribution in [-0.2, 0) is 17.9 Å². The number of amides is 1. The molecule has 1 aromatic rings. The molecule has 4 heteroatoms. The maximum atomic E-state index is 13.5. The molecule has 4 nitrogen and oxygen atoms in total. The molecule has 5 rings (SSSR count). The van der Waals surface area contributed by atoms with Crippen LogP contribution >= 0.6 is 0 Å². The predicted molar refractivity (Wildman–Crippen MR) is 94.2 cm³/mol. The van der Waals surface area contributed by atoms with Crippen LogP contribution < -0.4 is 0 Å². The third-order valence-electron chi connectivity index (χ3n) is 6.93. The topological polar surface area (TPSA) is 38.1 Å². The molecule has 1 heterocycles. The van der Waals surface area contributed by atoms with Crippen LogP contribution in [0, 0.1) is 22.2 Å². The van der Waals surface area contributed by atoms with Gasteiger partial charge in [-0.2, -0.15) is 5.10 Å². The molecule has 2 unspecified atom stereocenters. The number of aryl methyl sites for hydroxylation is 1. The second-order valence-corrected chi connectivity index (χ2v) is 9.71. The third-order valence-corrected chi connectivity index (χ3v) is 6.93. The van der Waals surface area contributed by atoms with Crippen molar-refractivity contribution in [2.24, 2.45) is 22.2 Å². The van der Waals surface area contributed by atoms with Crippen molar-refractivity contribution in [2.45, 2.75) is 72.4 Å². The van der Waals surface area contributed by atoms with Crippen LogP contribution in [0.3, 0.4) is 0 Å². The summed E-state index contributed by atoms with van der Waals surface area (Å²) >= 11 is 0. The number of hydrogen-bond acceptors (Lipinski definition) is 2. The second-order valence-electron chi connectivity index (χ2n) is 9.71. The van der Waals surface area contributed by atoms with Crippen LogP contribution in [0.2, 0.25) is 0 Å². The van der Waals surface area contributed by atoms with Gasteiger partial charge in [-0.1, -0.05) is 13.8 Å². The Morgan fingerprint density at radius 3 is 2.50 bits per heavy atom. The van der Waals surface area contributed by atoms with E-state index in [4.69, 9.17) is 0 Å². The minimum atomic E-state index is -0.102. The normalized spacial score (nSPS) is 40.1. The lowest BCUT2D eigenvalue weighted by molar-refractivity contribution is -0.178. The molecular weight excluding hydrogens is 298 g/mol. The van der Waals surface area contributed by atoms with Crippen molar-refractivity contribution >= 4 is 5.91 Å². The Morgan fingerprint density at radius 1 is 1.25 bits per heavy atom. The van der Waals surface area contributed by atoms with Crippen LogP contribution in [0.15, 0.2) is 12.3 Å². The zero-order valence-corrected chi connectivity index (χ0v) is 15.6. The summed E-state index contributed by atoms with van der Waals surface area (Å²) in [6.07, 6.45) is 9.15. The summed E-state index contributed by atoms with van der Waals surface area (Å²) < 4.78 is 1.99. The van der Waals surface area contributed by atoms with E-state index in [9.17, 15) is 4.79 Å². The first-order valence-corrected chi connectivity index (χ1v) is 9.53. The molecule has 4 bridgehead atoms. The van der Waals surface area contributed by atoms with E-state index in [2.05, 4.69) is 25.9 Å². The van der Waals surface area contributed by atoms with Crippen LogP contribution in [0.5, 0.6) is 0 Å². The maximum Gasteiger partial charge on any atom is 0.228 e. The highest BCUT2D eigenvalue weighted by Crippen LogP contribution is 2.69. The van der Waals surface area contributed by atoms with Gasteiger partial charge in [0.05, 0.1) is 17.7 Å². The molecule has 132 valence electrons. The van der Waals surface area contributed by atoms with Crippen molar-refractivity contribution in [2.75, 3.05) is 7.05 Å². The van der Waals surface area contributed by atoms with Crippen LogP contribution in [0.25, 0.3) is 0 Å². The number of nitrogens with zero attached hydrogens (tertiary/aromatic N) is 3. The summed E-state index contributed by atoms with van der Waals surface area (Å²) in [6.45, 7) is 8.49. The van der Waals surface area contributed by atoms with Gasteiger partial charge < -0.3 is 4.90 Å². The van der Waals surface area contributed by atoms with Crippen LogP contribution in [-0.4, -0.2) is 27.6 Å². The van der Waals surface area contributed by atoms with Gasteiger partial charge in [0.25, 0.3) is 0 Å². The second kappa shape index (κ2) is 5.09. The minimum absolute atomic E-state index is 0.102. The fourth-order valence-electron chi connectivity index (χ4n) is 7.18. The molecule has 4 aliphatic carbocycles. The molecule has 4 fully saturated rings. The van der Waals surface area contributed by atoms with E-state index < -0.39 is 0 Å². The van der Waals surface area contributed by atoms with Gasteiger partial charge in [0.2, 0.25) is 5.91 Å². The Labute approximate surface area is 145 Å². The van der Waals surface area contributed by atoms with E-state index in [1.54, 1.807) is 0 Å². The van der Waals surface area contributed by atoms with Crippen molar-refractivity contribution in [1.82, 2.24) is 14.7 Å². The zero-order chi connectivity index (χ0) is 17.2. The van der Waals surface area contributed by atoms with Gasteiger partial charge >= 0.3 is 0 Å². The molecule has 4 saturated carbocycles. The smallest absolute Gasteiger partial charge is 0.228 e. The number of aromatic nitrogens is 2. The van der Waals surface area contributed by atoms with E-state index in [0.717, 1.165) is 37.4 Å². The lowest BCUT2D eigenvalue weighted by atomic mass is 9.40. The van der Waals surface area contributed by atoms with Crippen molar-refractivity contribution in [3.05, 3.63) is 18.0 Å². The monoisotopic (exact) mass is 329 g/mol. The average Bonchev–Trinajstić information content (AvgIpc) is 2.89. The van der Waals surface area contributed by atoms with E-state index in [1.165, 1.54) is 19.3 Å². The van der Waals surface area contributed by atoms with Crippen molar-refractivity contribution in [3.63, 3.8) is 0 Å². The Hall–Kier alpha value is -1.32. The van der Waals surface area contributed by atoms with Gasteiger partial charge in [0.15, 0.2) is 0 Å². The molecule has 0 N–H and O–H groups in total. The summed E-state index contributed by atoms with van der Waals surface area (Å²) in [5, 5.41) is 4.34. The van der Waals surface area contributed by atoms with E-state index in [1.807, 2.05) is 28.9 Å². The fourth-order valence-corrected chi connectivity index (χ4v) is 7.18. The summed E-state index contributed by atoms with van der Waals surface area (Å²) in [7, 11) is 1.98. The molecule has 2 atom stereocenters. The molecule has 0 spiro atoms. The lowest BCUT2D eigenvalue weighted by Crippen LogP contribution is -2.59. The standard InChI is InChI=1S/C20H31N3O/c1-5-23-16(6-7-21-23)11-22(4)17(24)20-10-15-8-18(2,13-20)12-19(3,9-15)14-20/h6-7,15H,5,8-14H2,1-4H3. The summed E-state index contributed by atoms with van der Waals surface area (Å²) in [6, 6.07) is 2.04. The Kier molecular flexibility index (Phi) is 3.43. The molecule has 0 saturated heterocycles. The van der Waals surface area contributed by atoms with Crippen LogP contribution in [0.1, 0.15) is 65.0 Å². The molecule has 4 aliphatic rings. The van der Waals surface area contributed by atoms with Crippen LogP contribution in [0.4, 0.5) is 0 Å². The number of carbonyl (C=O) groups is 1. The van der Waals surface area contributed by atoms with Gasteiger partial charge in [-0.05, 0) is 68.3 Å². The Bertz CT molecular complexity index is 646. The first-order chi connectivity index (χ1) is 11.3. The first kappa shape index (κ1) is 16.2. The lowest BCUT2D eigenvalue weighted by Gasteiger charge is -2.65. The number of carbonyl (C=O) groups excluding carboxylic acids is 1. The van der Waals surface area contributed by atoms with Gasteiger partial charge in [0, 0.05) is 19.8 Å². The van der Waals surface area contributed by atoms with Gasteiger partial charge in [-0.25, -0.2) is 0 Å². The van der Waals surface area contributed by atoms with Crippen molar-refractivity contribution < 1.29 is 4.79 Å². The Morgan fingerprint density at radius 2 is 1.92 bits per heavy atom. The first-order valence-electron chi connectivity index (χ1n) is 9.53. The number of rotatable bonds is 4. The molecule has 24 heavy (non-hydrogen) atoms. The summed E-state index contributed by atoms with van der Waals surface area (Å²) in [4.78, 5) is 15.5. The van der Waals surface area contributed by atoms with Gasteiger partial charge in [-0.15, -0.1) is 0 Å². The molecular formula is C20H31N3O. The zero-order valence-electron chi connectivity index (χ0n) is 15.6. The average molecular weight is 329 g/mol. The maximum absolute atomic E-state index is 13.5. The summed E-state index contributed by atoms with van der Waals surface area (Å²) in [5.74, 6) is 1.14. The van der Waals surface area contributed by atoms with E-state index in [0.29, 0.717) is 23.3 Å². The molecule has 0 radical (unpaired) electrons.